The topological polar surface area (TPSA) is 81.7 Å². The second-order valence-electron chi connectivity index (χ2n) is 7.60. The van der Waals surface area contributed by atoms with Crippen molar-refractivity contribution >= 4 is 5.82 Å². The lowest BCUT2D eigenvalue weighted by atomic mass is 10.0. The zero-order chi connectivity index (χ0) is 19.3. The fourth-order valence-electron chi connectivity index (χ4n) is 4.47. The maximum absolute atomic E-state index is 12.1. The number of fused-ring (bicyclic) bond motifs is 3. The van der Waals surface area contributed by atoms with Gasteiger partial charge in [0.2, 0.25) is 0 Å². The summed E-state index contributed by atoms with van der Waals surface area (Å²) in [7, 11) is 1.74. The smallest absolute Gasteiger partial charge is 0.250 e. The van der Waals surface area contributed by atoms with E-state index in [0.717, 1.165) is 42.2 Å². The van der Waals surface area contributed by atoms with Crippen LogP contribution < -0.4 is 10.5 Å². The van der Waals surface area contributed by atoms with Crippen molar-refractivity contribution in [3.8, 4) is 17.1 Å². The number of rotatable bonds is 3. The largest absolute Gasteiger partial charge is 0.342 e. The van der Waals surface area contributed by atoms with Crippen LogP contribution in [0.4, 0.5) is 5.82 Å². The first-order valence-corrected chi connectivity index (χ1v) is 9.90. The Morgan fingerprint density at radius 3 is 2.82 bits per heavy atom. The highest BCUT2D eigenvalue weighted by atomic mass is 16.1. The van der Waals surface area contributed by atoms with Gasteiger partial charge in [0, 0.05) is 30.9 Å². The monoisotopic (exact) mass is 377 g/mol. The Kier molecular flexibility index (Phi) is 3.99. The van der Waals surface area contributed by atoms with Gasteiger partial charge in [-0.15, -0.1) is 10.2 Å². The van der Waals surface area contributed by atoms with Gasteiger partial charge in [-0.2, -0.15) is 0 Å². The molecule has 1 fully saturated rings. The van der Waals surface area contributed by atoms with Gasteiger partial charge in [0.1, 0.15) is 12.0 Å². The van der Waals surface area contributed by atoms with Gasteiger partial charge in [-0.3, -0.25) is 9.36 Å². The molecule has 5 rings (SSSR count). The first-order chi connectivity index (χ1) is 13.7. The van der Waals surface area contributed by atoms with Gasteiger partial charge in [0.25, 0.3) is 5.56 Å². The first kappa shape index (κ1) is 17.1. The highest BCUT2D eigenvalue weighted by molar-refractivity contribution is 5.66. The molecule has 8 nitrogen and oxygen atoms in total. The lowest BCUT2D eigenvalue weighted by molar-refractivity contribution is 0.469. The SMILES string of the molecule is CC[C@@H]1c2nncn2-c2cnc(-c3ccn(C)c(=O)c3)nc2N1C1CCCC1. The number of aryl methyl sites for hydroxylation is 1. The molecule has 1 aliphatic heterocycles. The molecular weight excluding hydrogens is 354 g/mol. The Bertz CT molecular complexity index is 1080. The van der Waals surface area contributed by atoms with Crippen LogP contribution in [-0.2, 0) is 7.05 Å². The standard InChI is InChI=1S/C20H23N7O/c1-3-15-20-24-22-12-26(20)16-11-21-18(13-8-9-25(2)17(28)10-13)23-19(16)27(15)14-6-4-5-7-14/h8-12,14-15H,3-7H2,1-2H3/t15-/m1/s1. The maximum atomic E-state index is 12.1. The van der Waals surface area contributed by atoms with Gasteiger partial charge in [-0.1, -0.05) is 19.8 Å². The van der Waals surface area contributed by atoms with Gasteiger partial charge < -0.3 is 9.47 Å². The minimum atomic E-state index is -0.0704. The summed E-state index contributed by atoms with van der Waals surface area (Å²) in [6.07, 6.45) is 11.1. The van der Waals surface area contributed by atoms with Crippen LogP contribution in [0.5, 0.6) is 0 Å². The third-order valence-electron chi connectivity index (χ3n) is 5.93. The van der Waals surface area contributed by atoms with E-state index in [1.54, 1.807) is 30.2 Å². The van der Waals surface area contributed by atoms with E-state index in [0.29, 0.717) is 11.9 Å². The molecule has 144 valence electrons. The minimum absolute atomic E-state index is 0.0704. The molecule has 3 aromatic rings. The number of anilines is 1. The van der Waals surface area contributed by atoms with Gasteiger partial charge in [0.05, 0.1) is 12.2 Å². The second-order valence-corrected chi connectivity index (χ2v) is 7.60. The molecule has 0 spiro atoms. The van der Waals surface area contributed by atoms with Gasteiger partial charge in [-0.25, -0.2) is 9.97 Å². The van der Waals surface area contributed by atoms with E-state index in [4.69, 9.17) is 4.98 Å². The third kappa shape index (κ3) is 2.55. The van der Waals surface area contributed by atoms with Crippen LogP contribution in [0.15, 0.2) is 35.6 Å². The van der Waals surface area contributed by atoms with Crippen molar-refractivity contribution < 1.29 is 0 Å². The Balaban J connectivity index is 1.69. The lowest BCUT2D eigenvalue weighted by Crippen LogP contribution is -2.42. The third-order valence-corrected chi connectivity index (χ3v) is 5.93. The summed E-state index contributed by atoms with van der Waals surface area (Å²) < 4.78 is 3.55. The van der Waals surface area contributed by atoms with Gasteiger partial charge in [0.15, 0.2) is 17.5 Å². The van der Waals surface area contributed by atoms with E-state index < -0.39 is 0 Å². The van der Waals surface area contributed by atoms with Crippen molar-refractivity contribution in [2.24, 2.45) is 7.05 Å². The van der Waals surface area contributed by atoms with Crippen molar-refractivity contribution in [1.29, 1.82) is 0 Å². The number of hydrogen-bond donors (Lipinski definition) is 0. The summed E-state index contributed by atoms with van der Waals surface area (Å²) in [6, 6.07) is 4.06. The summed E-state index contributed by atoms with van der Waals surface area (Å²) in [4.78, 5) is 24.0. The molecule has 0 amide bonds. The minimum Gasteiger partial charge on any atom is -0.342 e. The Labute approximate surface area is 162 Å². The molecule has 28 heavy (non-hydrogen) atoms. The first-order valence-electron chi connectivity index (χ1n) is 9.90. The fourth-order valence-corrected chi connectivity index (χ4v) is 4.47. The molecule has 3 aromatic heterocycles. The predicted octanol–water partition coefficient (Wildman–Crippen LogP) is 2.64. The van der Waals surface area contributed by atoms with Crippen LogP contribution in [0.1, 0.15) is 50.9 Å². The number of nitrogens with zero attached hydrogens (tertiary/aromatic N) is 7. The number of hydrogen-bond acceptors (Lipinski definition) is 6. The summed E-state index contributed by atoms with van der Waals surface area (Å²) in [5.41, 5.74) is 1.57. The predicted molar refractivity (Wildman–Crippen MR) is 105 cm³/mol. The van der Waals surface area contributed by atoms with Crippen molar-refractivity contribution in [2.75, 3.05) is 4.90 Å². The molecule has 1 saturated carbocycles. The van der Waals surface area contributed by atoms with Crippen LogP contribution >= 0.6 is 0 Å². The lowest BCUT2D eigenvalue weighted by Gasteiger charge is -2.40. The van der Waals surface area contributed by atoms with Crippen LogP contribution in [0.25, 0.3) is 17.1 Å². The quantitative estimate of drug-likeness (QED) is 0.698. The Hall–Kier alpha value is -3.03. The summed E-state index contributed by atoms with van der Waals surface area (Å²) >= 11 is 0. The van der Waals surface area contributed by atoms with Crippen LogP contribution in [0, 0.1) is 0 Å². The molecule has 0 bridgehead atoms. The van der Waals surface area contributed by atoms with Gasteiger partial charge >= 0.3 is 0 Å². The molecular formula is C20H23N7O. The molecule has 0 saturated heterocycles. The molecule has 0 N–H and O–H groups in total. The molecule has 1 atom stereocenters. The van der Waals surface area contributed by atoms with Crippen LogP contribution in [0.2, 0.25) is 0 Å². The second kappa shape index (κ2) is 6.54. The summed E-state index contributed by atoms with van der Waals surface area (Å²) in [5, 5.41) is 8.55. The highest BCUT2D eigenvalue weighted by Gasteiger charge is 2.38. The van der Waals surface area contributed by atoms with E-state index >= 15 is 0 Å². The molecule has 4 heterocycles. The normalized spacial score (nSPS) is 18.9. The van der Waals surface area contributed by atoms with Crippen molar-refractivity contribution in [3.05, 3.63) is 47.0 Å². The molecule has 0 unspecified atom stereocenters. The summed E-state index contributed by atoms with van der Waals surface area (Å²) in [6.45, 7) is 2.18. The zero-order valence-corrected chi connectivity index (χ0v) is 16.1. The van der Waals surface area contributed by atoms with Crippen LogP contribution in [0.3, 0.4) is 0 Å². The number of pyridine rings is 1. The molecule has 1 aliphatic carbocycles. The molecule has 0 aromatic carbocycles. The van der Waals surface area contributed by atoms with Gasteiger partial charge in [-0.05, 0) is 25.3 Å². The molecule has 0 radical (unpaired) electrons. The van der Waals surface area contributed by atoms with Crippen molar-refractivity contribution in [1.82, 2.24) is 29.3 Å². The summed E-state index contributed by atoms with van der Waals surface area (Å²) in [5.74, 6) is 2.44. The number of aromatic nitrogens is 6. The maximum Gasteiger partial charge on any atom is 0.250 e. The zero-order valence-electron chi connectivity index (χ0n) is 16.1. The Morgan fingerprint density at radius 1 is 1.25 bits per heavy atom. The van der Waals surface area contributed by atoms with Crippen LogP contribution in [-0.4, -0.2) is 35.3 Å². The highest BCUT2D eigenvalue weighted by Crippen LogP contribution is 2.42. The molecule has 2 aliphatic rings. The van der Waals surface area contributed by atoms with Crippen molar-refractivity contribution in [2.45, 2.75) is 51.1 Å². The average Bonchev–Trinajstić information content (AvgIpc) is 3.40. The van der Waals surface area contributed by atoms with E-state index in [9.17, 15) is 4.79 Å². The van der Waals surface area contributed by atoms with E-state index in [1.807, 2.05) is 16.8 Å². The fraction of sp³-hybridized carbons (Fsp3) is 0.450. The van der Waals surface area contributed by atoms with E-state index in [1.165, 1.54) is 12.8 Å². The Morgan fingerprint density at radius 2 is 2.07 bits per heavy atom. The van der Waals surface area contributed by atoms with E-state index in [2.05, 4.69) is 27.0 Å². The molecule has 8 heteroatoms. The van der Waals surface area contributed by atoms with Crippen molar-refractivity contribution in [3.63, 3.8) is 0 Å². The van der Waals surface area contributed by atoms with E-state index in [-0.39, 0.29) is 11.6 Å². The average molecular weight is 377 g/mol.